The van der Waals surface area contributed by atoms with Crippen LogP contribution in [0, 0.1) is 6.92 Å². The Balaban J connectivity index is 1.42. The highest BCUT2D eigenvalue weighted by molar-refractivity contribution is 5.81. The molecule has 2 heterocycles. The van der Waals surface area contributed by atoms with Crippen molar-refractivity contribution in [2.45, 2.75) is 19.6 Å². The van der Waals surface area contributed by atoms with Crippen LogP contribution in [0.1, 0.15) is 11.5 Å². The van der Waals surface area contributed by atoms with Crippen LogP contribution in [0.3, 0.4) is 0 Å². The lowest BCUT2D eigenvalue weighted by Gasteiger charge is -2.28. The van der Waals surface area contributed by atoms with E-state index in [9.17, 15) is 4.79 Å². The number of ether oxygens (including phenoxy) is 2. The summed E-state index contributed by atoms with van der Waals surface area (Å²) in [6.07, 6.45) is -0.705. The minimum atomic E-state index is -0.705. The Morgan fingerprint density at radius 2 is 2.00 bits per heavy atom. The van der Waals surface area contributed by atoms with Gasteiger partial charge in [-0.1, -0.05) is 41.1 Å². The summed E-state index contributed by atoms with van der Waals surface area (Å²) < 4.78 is 16.7. The fourth-order valence-corrected chi connectivity index (χ4v) is 2.89. The van der Waals surface area contributed by atoms with Crippen molar-refractivity contribution in [2.24, 2.45) is 0 Å². The predicted molar refractivity (Wildman–Crippen MR) is 97.3 cm³/mol. The molecule has 7 heteroatoms. The van der Waals surface area contributed by atoms with Gasteiger partial charge in [0.1, 0.15) is 6.61 Å². The molecule has 0 aliphatic carbocycles. The zero-order valence-electron chi connectivity index (χ0n) is 15.1. The van der Waals surface area contributed by atoms with E-state index >= 15 is 0 Å². The first-order valence-corrected chi connectivity index (χ1v) is 8.63. The summed E-state index contributed by atoms with van der Waals surface area (Å²) in [6, 6.07) is 15.1. The Morgan fingerprint density at radius 3 is 2.81 bits per heavy atom. The normalized spacial score (nSPS) is 15.4. The van der Waals surface area contributed by atoms with Crippen LogP contribution in [-0.2, 0) is 11.3 Å². The molecule has 138 valence electrons. The van der Waals surface area contributed by atoms with Crippen molar-refractivity contribution in [1.82, 2.24) is 15.0 Å². The second kappa shape index (κ2) is 7.11. The van der Waals surface area contributed by atoms with Crippen molar-refractivity contribution in [1.29, 1.82) is 0 Å². The van der Waals surface area contributed by atoms with Crippen LogP contribution in [0.5, 0.6) is 11.5 Å². The smallest absolute Gasteiger partial charge is 0.267 e. The molecule has 0 saturated heterocycles. The van der Waals surface area contributed by atoms with Crippen LogP contribution in [-0.4, -0.2) is 40.7 Å². The Labute approximate surface area is 156 Å². The van der Waals surface area contributed by atoms with Gasteiger partial charge in [-0.15, -0.1) is 0 Å². The van der Waals surface area contributed by atoms with Gasteiger partial charge < -0.3 is 18.9 Å². The maximum atomic E-state index is 12.7. The third-order valence-corrected chi connectivity index (χ3v) is 4.28. The van der Waals surface area contributed by atoms with Crippen LogP contribution in [0.4, 0.5) is 0 Å². The number of likely N-dealkylation sites (N-methyl/N-ethyl adjacent to an activating group) is 1. The summed E-state index contributed by atoms with van der Waals surface area (Å²) in [5, 5.41) is 4.00. The molecule has 1 aromatic heterocycles. The lowest BCUT2D eigenvalue weighted by molar-refractivity contribution is -0.140. The molecule has 1 unspecified atom stereocenters. The summed E-state index contributed by atoms with van der Waals surface area (Å²) in [5.41, 5.74) is 1.99. The van der Waals surface area contributed by atoms with Crippen molar-refractivity contribution >= 4 is 5.91 Å². The van der Waals surface area contributed by atoms with Crippen molar-refractivity contribution in [3.8, 4) is 22.9 Å². The van der Waals surface area contributed by atoms with Crippen molar-refractivity contribution in [2.75, 3.05) is 13.7 Å². The van der Waals surface area contributed by atoms with Gasteiger partial charge in [0.15, 0.2) is 11.5 Å². The van der Waals surface area contributed by atoms with Crippen LogP contribution < -0.4 is 9.47 Å². The average molecular weight is 365 g/mol. The van der Waals surface area contributed by atoms with Gasteiger partial charge in [0, 0.05) is 12.6 Å². The van der Waals surface area contributed by atoms with Crippen molar-refractivity contribution < 1.29 is 18.8 Å². The van der Waals surface area contributed by atoms with E-state index in [-0.39, 0.29) is 19.1 Å². The Hall–Kier alpha value is -3.35. The van der Waals surface area contributed by atoms with E-state index in [0.717, 1.165) is 11.1 Å². The molecule has 1 atom stereocenters. The number of benzene rings is 2. The highest BCUT2D eigenvalue weighted by atomic mass is 16.6. The van der Waals surface area contributed by atoms with Crippen LogP contribution in [0.15, 0.2) is 53.1 Å². The van der Waals surface area contributed by atoms with Crippen molar-refractivity contribution in [3.63, 3.8) is 0 Å². The van der Waals surface area contributed by atoms with E-state index in [2.05, 4.69) is 10.1 Å². The van der Waals surface area contributed by atoms with Crippen LogP contribution >= 0.6 is 0 Å². The standard InChI is InChI=1S/C20H19N3O4/c1-13-6-5-7-14(10-13)19-21-18(27-22-19)11-23(2)20(24)17-12-25-15-8-3-4-9-16(15)26-17/h3-10,17H,11-12H2,1-2H3. The maximum Gasteiger partial charge on any atom is 0.267 e. The van der Waals surface area contributed by atoms with E-state index in [1.54, 1.807) is 13.1 Å². The van der Waals surface area contributed by atoms with Gasteiger partial charge in [-0.3, -0.25) is 4.79 Å². The Morgan fingerprint density at radius 1 is 1.19 bits per heavy atom. The van der Waals surface area contributed by atoms with E-state index in [1.807, 2.05) is 49.4 Å². The summed E-state index contributed by atoms with van der Waals surface area (Å²) in [4.78, 5) is 18.5. The molecule has 1 aliphatic rings. The first kappa shape index (κ1) is 17.1. The predicted octanol–water partition coefficient (Wildman–Crippen LogP) is 2.84. The van der Waals surface area contributed by atoms with Gasteiger partial charge in [0.2, 0.25) is 17.8 Å². The average Bonchev–Trinajstić information content (AvgIpc) is 3.15. The topological polar surface area (TPSA) is 77.7 Å². The summed E-state index contributed by atoms with van der Waals surface area (Å²) in [7, 11) is 1.67. The molecule has 0 saturated carbocycles. The fourth-order valence-electron chi connectivity index (χ4n) is 2.89. The highest BCUT2D eigenvalue weighted by Gasteiger charge is 2.30. The molecule has 1 aliphatic heterocycles. The third kappa shape index (κ3) is 3.62. The molecular formula is C20H19N3O4. The maximum absolute atomic E-state index is 12.7. The lowest BCUT2D eigenvalue weighted by atomic mass is 10.1. The van der Waals surface area contributed by atoms with E-state index in [1.165, 1.54) is 4.90 Å². The summed E-state index contributed by atoms with van der Waals surface area (Å²) in [5.74, 6) is 1.86. The van der Waals surface area contributed by atoms with Gasteiger partial charge in [-0.2, -0.15) is 4.98 Å². The Bertz CT molecular complexity index is 969. The lowest BCUT2D eigenvalue weighted by Crippen LogP contribution is -2.44. The molecule has 0 radical (unpaired) electrons. The van der Waals surface area contributed by atoms with E-state index in [4.69, 9.17) is 14.0 Å². The van der Waals surface area contributed by atoms with Gasteiger partial charge in [0.25, 0.3) is 5.91 Å². The second-order valence-corrected chi connectivity index (χ2v) is 6.44. The van der Waals surface area contributed by atoms with Gasteiger partial charge in [0.05, 0.1) is 6.54 Å². The number of fused-ring (bicyclic) bond motifs is 1. The molecule has 27 heavy (non-hydrogen) atoms. The number of aromatic nitrogens is 2. The molecule has 0 bridgehead atoms. The zero-order chi connectivity index (χ0) is 18.8. The molecule has 0 spiro atoms. The molecule has 4 rings (SSSR count). The number of para-hydroxylation sites is 2. The van der Waals surface area contributed by atoms with Crippen LogP contribution in [0.2, 0.25) is 0 Å². The monoisotopic (exact) mass is 365 g/mol. The van der Waals surface area contributed by atoms with Crippen LogP contribution in [0.25, 0.3) is 11.4 Å². The quantitative estimate of drug-likeness (QED) is 0.707. The second-order valence-electron chi connectivity index (χ2n) is 6.44. The zero-order valence-corrected chi connectivity index (χ0v) is 15.1. The molecule has 0 fully saturated rings. The Kier molecular flexibility index (Phi) is 4.50. The minimum Gasteiger partial charge on any atom is -0.485 e. The molecule has 7 nitrogen and oxygen atoms in total. The van der Waals surface area contributed by atoms with Gasteiger partial charge in [-0.05, 0) is 25.1 Å². The fraction of sp³-hybridized carbons (Fsp3) is 0.250. The summed E-state index contributed by atoms with van der Waals surface area (Å²) in [6.45, 7) is 2.36. The van der Waals surface area contributed by atoms with E-state index in [0.29, 0.717) is 23.2 Å². The summed E-state index contributed by atoms with van der Waals surface area (Å²) >= 11 is 0. The van der Waals surface area contributed by atoms with Gasteiger partial charge >= 0.3 is 0 Å². The van der Waals surface area contributed by atoms with Gasteiger partial charge in [-0.25, -0.2) is 0 Å². The largest absolute Gasteiger partial charge is 0.485 e. The molecule has 1 amide bonds. The number of hydrogen-bond acceptors (Lipinski definition) is 6. The molecule has 3 aromatic rings. The van der Waals surface area contributed by atoms with Crippen molar-refractivity contribution in [3.05, 3.63) is 60.0 Å². The molecule has 0 N–H and O–H groups in total. The highest BCUT2D eigenvalue weighted by Crippen LogP contribution is 2.31. The first-order valence-electron chi connectivity index (χ1n) is 8.63. The third-order valence-electron chi connectivity index (χ3n) is 4.28. The SMILES string of the molecule is Cc1cccc(-c2noc(CN(C)C(=O)C3COc4ccccc4O3)n2)c1. The number of amides is 1. The number of rotatable bonds is 4. The number of carbonyl (C=O) groups excluding carboxylic acids is 1. The van der Waals surface area contributed by atoms with E-state index < -0.39 is 6.10 Å². The number of hydrogen-bond donors (Lipinski definition) is 0. The molecule has 2 aromatic carbocycles. The number of aryl methyl sites for hydroxylation is 1. The minimum absolute atomic E-state index is 0.165. The number of carbonyl (C=O) groups is 1. The number of nitrogens with zero attached hydrogens (tertiary/aromatic N) is 3. The molecular weight excluding hydrogens is 346 g/mol. The first-order chi connectivity index (χ1) is 13.1.